The van der Waals surface area contributed by atoms with Crippen molar-refractivity contribution in [1.29, 1.82) is 0 Å². The fourth-order valence-electron chi connectivity index (χ4n) is 3.41. The second kappa shape index (κ2) is 13.8. The van der Waals surface area contributed by atoms with Crippen molar-refractivity contribution in [2.75, 3.05) is 19.6 Å². The first-order valence-corrected chi connectivity index (χ1v) is 11.4. The van der Waals surface area contributed by atoms with Gasteiger partial charge in [-0.25, -0.2) is 4.68 Å². The number of nitrogens with zero attached hydrogens (tertiary/aromatic N) is 3. The lowest BCUT2D eigenvalue weighted by Crippen LogP contribution is -2.42. The van der Waals surface area contributed by atoms with Crippen molar-refractivity contribution in [2.24, 2.45) is 0 Å². The van der Waals surface area contributed by atoms with E-state index >= 15 is 0 Å². The van der Waals surface area contributed by atoms with Gasteiger partial charge in [0.15, 0.2) is 6.73 Å². The van der Waals surface area contributed by atoms with Crippen molar-refractivity contribution in [3.8, 4) is 5.75 Å². The molecule has 1 atom stereocenters. The molecule has 6 nitrogen and oxygen atoms in total. The van der Waals surface area contributed by atoms with Crippen molar-refractivity contribution in [1.82, 2.24) is 20.0 Å². The molecule has 2 aromatic rings. The summed E-state index contributed by atoms with van der Waals surface area (Å²) in [7, 11) is 0. The van der Waals surface area contributed by atoms with Crippen molar-refractivity contribution in [2.45, 2.75) is 72.1 Å². The molecular formula is C24H38N4O2. The van der Waals surface area contributed by atoms with E-state index in [2.05, 4.69) is 36.1 Å². The Morgan fingerprint density at radius 1 is 1.07 bits per heavy atom. The zero-order valence-electron chi connectivity index (χ0n) is 18.8. The van der Waals surface area contributed by atoms with E-state index < -0.39 is 0 Å². The Kier molecular flexibility index (Phi) is 11.0. The molecule has 0 saturated heterocycles. The smallest absolute Gasteiger partial charge is 0.272 e. The zero-order valence-corrected chi connectivity index (χ0v) is 18.8. The molecule has 0 aliphatic heterocycles. The van der Waals surface area contributed by atoms with Crippen LogP contribution in [-0.2, 0) is 6.73 Å². The largest absolute Gasteiger partial charge is 0.471 e. The number of hydrogen-bond donors (Lipinski definition) is 1. The number of benzene rings is 1. The topological polar surface area (TPSA) is 59.4 Å². The number of carbonyl (C=O) groups is 1. The number of aromatic nitrogens is 2. The minimum absolute atomic E-state index is 0.0754. The van der Waals surface area contributed by atoms with Crippen LogP contribution in [-0.4, -0.2) is 46.3 Å². The molecule has 1 aromatic heterocycles. The second-order valence-corrected chi connectivity index (χ2v) is 7.92. The molecule has 0 bridgehead atoms. The summed E-state index contributed by atoms with van der Waals surface area (Å²) >= 11 is 0. The standard InChI is InChI=1S/C24H38N4O2/c1-4-6-11-16-27(17-12-7-5-2)19-21(3)25-24(29)23-15-18-28(26-23)20-30-22-13-9-8-10-14-22/h8-10,13-15,18,21H,4-7,11-12,16-17,19-20H2,1-3H3,(H,25,29). The average molecular weight is 415 g/mol. The second-order valence-electron chi connectivity index (χ2n) is 7.92. The Morgan fingerprint density at radius 2 is 1.73 bits per heavy atom. The maximum absolute atomic E-state index is 12.6. The van der Waals surface area contributed by atoms with Gasteiger partial charge in [0.1, 0.15) is 11.4 Å². The number of rotatable bonds is 15. The molecule has 1 unspecified atom stereocenters. The van der Waals surface area contributed by atoms with E-state index in [9.17, 15) is 4.79 Å². The molecule has 0 radical (unpaired) electrons. The van der Waals surface area contributed by atoms with Crippen LogP contribution in [0, 0.1) is 0 Å². The van der Waals surface area contributed by atoms with Crippen molar-refractivity contribution >= 4 is 5.91 Å². The molecular weight excluding hydrogens is 376 g/mol. The normalized spacial score (nSPS) is 12.1. The molecule has 0 saturated carbocycles. The molecule has 166 valence electrons. The lowest BCUT2D eigenvalue weighted by atomic mass is 10.2. The molecule has 30 heavy (non-hydrogen) atoms. The van der Waals surface area contributed by atoms with Crippen LogP contribution >= 0.6 is 0 Å². The van der Waals surface area contributed by atoms with E-state index in [0.717, 1.165) is 25.4 Å². The summed E-state index contributed by atoms with van der Waals surface area (Å²) in [4.78, 5) is 15.1. The summed E-state index contributed by atoms with van der Waals surface area (Å²) in [5.41, 5.74) is 0.419. The minimum Gasteiger partial charge on any atom is -0.471 e. The predicted molar refractivity (Wildman–Crippen MR) is 122 cm³/mol. The third-order valence-corrected chi connectivity index (χ3v) is 5.05. The van der Waals surface area contributed by atoms with Crippen molar-refractivity contribution in [3.05, 3.63) is 48.3 Å². The van der Waals surface area contributed by atoms with Crippen LogP contribution in [0.3, 0.4) is 0 Å². The SMILES string of the molecule is CCCCCN(CCCCC)CC(C)NC(=O)c1ccn(COc2ccccc2)n1. The fourth-order valence-corrected chi connectivity index (χ4v) is 3.41. The summed E-state index contributed by atoms with van der Waals surface area (Å²) in [6, 6.07) is 11.4. The van der Waals surface area contributed by atoms with Gasteiger partial charge in [0.25, 0.3) is 5.91 Å². The maximum atomic E-state index is 12.6. The van der Waals surface area contributed by atoms with E-state index in [1.54, 1.807) is 16.9 Å². The number of unbranched alkanes of at least 4 members (excludes halogenated alkanes) is 4. The van der Waals surface area contributed by atoms with Crippen LogP contribution in [0.4, 0.5) is 0 Å². The van der Waals surface area contributed by atoms with E-state index in [-0.39, 0.29) is 18.7 Å². The Morgan fingerprint density at radius 3 is 2.37 bits per heavy atom. The molecule has 0 aliphatic rings. The Bertz CT molecular complexity index is 707. The van der Waals surface area contributed by atoms with Crippen LogP contribution in [0.25, 0.3) is 0 Å². The van der Waals surface area contributed by atoms with Gasteiger partial charge >= 0.3 is 0 Å². The quantitative estimate of drug-likeness (QED) is 0.428. The molecule has 0 spiro atoms. The maximum Gasteiger partial charge on any atom is 0.272 e. The van der Waals surface area contributed by atoms with Crippen LogP contribution in [0.1, 0.15) is 69.8 Å². The highest BCUT2D eigenvalue weighted by Gasteiger charge is 2.15. The number of para-hydroxylation sites is 1. The van der Waals surface area contributed by atoms with Gasteiger partial charge in [-0.05, 0) is 51.1 Å². The van der Waals surface area contributed by atoms with Gasteiger partial charge in [0.05, 0.1) is 0 Å². The van der Waals surface area contributed by atoms with Crippen LogP contribution < -0.4 is 10.1 Å². The first kappa shape index (κ1) is 23.9. The van der Waals surface area contributed by atoms with Gasteiger partial charge in [-0.15, -0.1) is 0 Å². The molecule has 2 rings (SSSR count). The van der Waals surface area contributed by atoms with E-state index in [0.29, 0.717) is 5.69 Å². The average Bonchev–Trinajstić information content (AvgIpc) is 3.22. The van der Waals surface area contributed by atoms with Crippen LogP contribution in [0.15, 0.2) is 42.6 Å². The van der Waals surface area contributed by atoms with Crippen molar-refractivity contribution in [3.63, 3.8) is 0 Å². The Hall–Kier alpha value is -2.34. The first-order chi connectivity index (χ1) is 14.6. The molecule has 0 fully saturated rings. The molecule has 1 aromatic carbocycles. The molecule has 1 amide bonds. The van der Waals surface area contributed by atoms with E-state index in [4.69, 9.17) is 4.74 Å². The lowest BCUT2D eigenvalue weighted by Gasteiger charge is -2.26. The monoisotopic (exact) mass is 414 g/mol. The summed E-state index contributed by atoms with van der Waals surface area (Å²) < 4.78 is 7.31. The number of hydrogen-bond acceptors (Lipinski definition) is 4. The molecule has 1 heterocycles. The van der Waals surface area contributed by atoms with Gasteiger partial charge in [-0.3, -0.25) is 4.79 Å². The highest BCUT2D eigenvalue weighted by atomic mass is 16.5. The number of amides is 1. The van der Waals surface area contributed by atoms with Gasteiger partial charge < -0.3 is 15.0 Å². The van der Waals surface area contributed by atoms with E-state index in [1.165, 1.54) is 38.5 Å². The number of carbonyl (C=O) groups excluding carboxylic acids is 1. The summed E-state index contributed by atoms with van der Waals surface area (Å²) in [6.45, 7) is 9.88. The van der Waals surface area contributed by atoms with Crippen LogP contribution in [0.5, 0.6) is 5.75 Å². The Balaban J connectivity index is 1.80. The van der Waals surface area contributed by atoms with Gasteiger partial charge in [0.2, 0.25) is 0 Å². The first-order valence-electron chi connectivity index (χ1n) is 11.4. The van der Waals surface area contributed by atoms with Gasteiger partial charge in [-0.2, -0.15) is 5.10 Å². The summed E-state index contributed by atoms with van der Waals surface area (Å²) in [5, 5.41) is 7.44. The van der Waals surface area contributed by atoms with Crippen molar-refractivity contribution < 1.29 is 9.53 Å². The molecule has 0 aliphatic carbocycles. The molecule has 1 N–H and O–H groups in total. The fraction of sp³-hybridized carbons (Fsp3) is 0.583. The third-order valence-electron chi connectivity index (χ3n) is 5.05. The number of nitrogens with one attached hydrogen (secondary N) is 1. The third kappa shape index (κ3) is 8.99. The minimum atomic E-state index is -0.136. The summed E-state index contributed by atoms with van der Waals surface area (Å²) in [5.74, 6) is 0.641. The highest BCUT2D eigenvalue weighted by molar-refractivity contribution is 5.92. The zero-order chi connectivity index (χ0) is 21.6. The Labute approximate surface area is 181 Å². The van der Waals surface area contributed by atoms with Crippen LogP contribution in [0.2, 0.25) is 0 Å². The lowest BCUT2D eigenvalue weighted by molar-refractivity contribution is 0.0921. The molecule has 6 heteroatoms. The summed E-state index contributed by atoms with van der Waals surface area (Å²) in [6.07, 6.45) is 9.17. The highest BCUT2D eigenvalue weighted by Crippen LogP contribution is 2.09. The number of ether oxygens (including phenoxy) is 1. The van der Waals surface area contributed by atoms with E-state index in [1.807, 2.05) is 30.3 Å². The predicted octanol–water partition coefficient (Wildman–Crippen LogP) is 4.72. The van der Waals surface area contributed by atoms with Gasteiger partial charge in [0, 0.05) is 18.8 Å². The van der Waals surface area contributed by atoms with Gasteiger partial charge in [-0.1, -0.05) is 57.7 Å².